The second-order valence-electron chi connectivity index (χ2n) is 9.08. The topological polar surface area (TPSA) is 75.7 Å². The molecule has 1 aliphatic rings. The molecule has 39 heavy (non-hydrogen) atoms. The van der Waals surface area contributed by atoms with Crippen molar-refractivity contribution in [2.24, 2.45) is 0 Å². The van der Waals surface area contributed by atoms with Gasteiger partial charge in [-0.1, -0.05) is 79.9 Å². The number of morpholine rings is 1. The van der Waals surface area contributed by atoms with Gasteiger partial charge in [0.25, 0.3) is 11.8 Å². The molecule has 3 aromatic carbocycles. The normalized spacial score (nSPS) is 19.6. The lowest BCUT2D eigenvalue weighted by Crippen LogP contribution is -2.54. The van der Waals surface area contributed by atoms with Gasteiger partial charge in [0.05, 0.1) is 6.04 Å². The fourth-order valence-electron chi connectivity index (χ4n) is 4.22. The molecule has 10 heteroatoms. The van der Waals surface area contributed by atoms with Gasteiger partial charge in [-0.2, -0.15) is 0 Å². The van der Waals surface area contributed by atoms with Gasteiger partial charge in [0.15, 0.2) is 0 Å². The minimum Gasteiger partial charge on any atom is -0.358 e. The fraction of sp³-hybridized carbons (Fsp3) is 0.310. The quantitative estimate of drug-likeness (QED) is 0.354. The molecule has 0 spiro atoms. The van der Waals surface area contributed by atoms with E-state index in [0.29, 0.717) is 21.2 Å². The van der Waals surface area contributed by atoms with Gasteiger partial charge in [-0.15, -0.1) is 0 Å². The lowest BCUT2D eigenvalue weighted by atomic mass is 9.90. The highest BCUT2D eigenvalue weighted by Gasteiger charge is 2.44. The third-order valence-corrected chi connectivity index (χ3v) is 6.83. The van der Waals surface area contributed by atoms with Crippen LogP contribution in [0.4, 0.5) is 4.39 Å². The first-order valence-electron chi connectivity index (χ1n) is 12.5. The van der Waals surface area contributed by atoms with Crippen molar-refractivity contribution in [3.05, 3.63) is 105 Å². The molecule has 0 saturated carbocycles. The van der Waals surface area contributed by atoms with Crippen LogP contribution in [0.2, 0.25) is 10.0 Å². The monoisotopic (exact) mass is 592 g/mol. The summed E-state index contributed by atoms with van der Waals surface area (Å²) in [6.07, 6.45) is 1.16. The Labute approximate surface area is 241 Å². The summed E-state index contributed by atoms with van der Waals surface area (Å²) < 4.78 is 33.8. The van der Waals surface area contributed by atoms with Crippen LogP contribution in [-0.2, 0) is 31.7 Å². The van der Waals surface area contributed by atoms with E-state index in [-0.39, 0.29) is 18.8 Å². The number of halogens is 3. The van der Waals surface area contributed by atoms with E-state index in [4.69, 9.17) is 27.9 Å². The van der Waals surface area contributed by atoms with Gasteiger partial charge < -0.3 is 9.64 Å². The van der Waals surface area contributed by atoms with Crippen molar-refractivity contribution < 1.29 is 22.9 Å². The van der Waals surface area contributed by atoms with Crippen LogP contribution in [0, 0.1) is 5.82 Å². The Kier molecular flexibility index (Phi) is 11.5. The van der Waals surface area contributed by atoms with E-state index in [2.05, 4.69) is 18.6 Å². The number of carbonyl (C=O) groups is 2. The van der Waals surface area contributed by atoms with Crippen LogP contribution in [0.1, 0.15) is 49.1 Å². The number of hydrogen-bond acceptors (Lipinski definition) is 4. The van der Waals surface area contributed by atoms with E-state index in [0.717, 1.165) is 5.56 Å². The molecule has 2 amide bonds. The molecule has 3 unspecified atom stereocenters. The van der Waals surface area contributed by atoms with E-state index >= 15 is 0 Å². The van der Waals surface area contributed by atoms with E-state index in [9.17, 15) is 18.2 Å². The fourth-order valence-corrected chi connectivity index (χ4v) is 4.85. The maximum absolute atomic E-state index is 13.7. The average Bonchev–Trinajstić information content (AvgIpc) is 2.89. The zero-order chi connectivity index (χ0) is 28.5. The molecule has 4 atom stereocenters. The third kappa shape index (κ3) is 8.60. The summed E-state index contributed by atoms with van der Waals surface area (Å²) in [4.78, 5) is 27.8. The maximum atomic E-state index is 13.7. The molecular weight excluding hydrogens is 562 g/mol. The Bertz CT molecular complexity index is 1270. The number of benzene rings is 3. The zero-order valence-corrected chi connectivity index (χ0v) is 24.2. The largest absolute Gasteiger partial charge is 0.358 e. The lowest BCUT2D eigenvalue weighted by Gasteiger charge is -2.44. The molecule has 0 aliphatic carbocycles. The first-order chi connectivity index (χ1) is 18.6. The number of ether oxygens (including phenoxy) is 1. The molecule has 1 N–H and O–H groups in total. The van der Waals surface area contributed by atoms with Crippen molar-refractivity contribution in [3.8, 4) is 0 Å². The second-order valence-corrected chi connectivity index (χ2v) is 11.1. The Hall–Kier alpha value is -2.78. The van der Waals surface area contributed by atoms with Crippen molar-refractivity contribution in [1.82, 2.24) is 9.62 Å². The molecule has 4 rings (SSSR count). The summed E-state index contributed by atoms with van der Waals surface area (Å²) in [6, 6.07) is 19.1. The van der Waals surface area contributed by atoms with E-state index in [1.165, 1.54) is 29.7 Å². The number of hydrogen-bond donors (Lipinski definition) is 1. The number of nitrogens with one attached hydrogen (secondary N) is 1. The van der Waals surface area contributed by atoms with Crippen LogP contribution in [0.5, 0.6) is 0 Å². The van der Waals surface area contributed by atoms with Crippen LogP contribution in [0.25, 0.3) is 0 Å². The summed E-state index contributed by atoms with van der Waals surface area (Å²) in [7, 11) is -1.60. The van der Waals surface area contributed by atoms with Crippen molar-refractivity contribution in [3.63, 3.8) is 0 Å². The molecule has 3 aromatic rings. The third-order valence-electron chi connectivity index (χ3n) is 5.81. The molecule has 1 saturated heterocycles. The summed E-state index contributed by atoms with van der Waals surface area (Å²) in [5.41, 5.74) is 2.16. The molecule has 0 bridgehead atoms. The van der Waals surface area contributed by atoms with Gasteiger partial charge in [-0.3, -0.25) is 14.3 Å². The number of nitrogens with zero attached hydrogens (tertiary/aromatic N) is 1. The van der Waals surface area contributed by atoms with Crippen LogP contribution in [0.15, 0.2) is 72.8 Å². The summed E-state index contributed by atoms with van der Waals surface area (Å²) in [5.74, 6) is -1.37. The highest BCUT2D eigenvalue weighted by molar-refractivity contribution is 7.82. The summed E-state index contributed by atoms with van der Waals surface area (Å²) in [6.45, 7) is 3.92. The highest BCUT2D eigenvalue weighted by atomic mass is 35.5. The summed E-state index contributed by atoms with van der Waals surface area (Å²) >= 11 is 12.2. The molecule has 6 nitrogen and oxygen atoms in total. The molecule has 208 valence electrons. The van der Waals surface area contributed by atoms with Crippen LogP contribution >= 0.6 is 23.2 Å². The van der Waals surface area contributed by atoms with Crippen molar-refractivity contribution in [1.29, 1.82) is 0 Å². The molecule has 1 fully saturated rings. The van der Waals surface area contributed by atoms with Gasteiger partial charge in [-0.05, 0) is 53.1 Å². The standard InChI is InChI=1S/C26H23Cl2FN2O4S.C3H8/c1-36(34)30-23(32)15-31-24(17-4-8-19(27)9-5-17)25(18-6-10-20(28)11-7-18)35-22(26(31)33)14-16-2-12-21(29)13-3-16;1-3-2/h2-13,22,24-25H,14-15H2,1H3,(H,30,32);3H2,1-2H3/t22-,24?,25?,36?;/m0./s1. The van der Waals surface area contributed by atoms with Gasteiger partial charge in [0, 0.05) is 22.7 Å². The minimum atomic E-state index is -1.60. The van der Waals surface area contributed by atoms with Crippen molar-refractivity contribution in [2.45, 2.75) is 44.9 Å². The Morgan fingerprint density at radius 3 is 1.97 bits per heavy atom. The van der Waals surface area contributed by atoms with E-state index < -0.39 is 41.0 Å². The summed E-state index contributed by atoms with van der Waals surface area (Å²) in [5, 5.41) is 1.06. The maximum Gasteiger partial charge on any atom is 0.253 e. The molecule has 0 aromatic heterocycles. The number of carbonyl (C=O) groups excluding carboxylic acids is 2. The zero-order valence-electron chi connectivity index (χ0n) is 21.9. The predicted octanol–water partition coefficient (Wildman–Crippen LogP) is 6.21. The molecule has 1 aliphatic heterocycles. The van der Waals surface area contributed by atoms with E-state index in [1.807, 2.05) is 0 Å². The van der Waals surface area contributed by atoms with Crippen molar-refractivity contribution in [2.75, 3.05) is 12.8 Å². The van der Waals surface area contributed by atoms with E-state index in [1.54, 1.807) is 60.7 Å². The van der Waals surface area contributed by atoms with Crippen LogP contribution in [-0.4, -0.2) is 39.8 Å². The average molecular weight is 594 g/mol. The Morgan fingerprint density at radius 2 is 1.46 bits per heavy atom. The Balaban J connectivity index is 0.00000134. The molecule has 1 heterocycles. The SMILES string of the molecule is CCC.CS(=O)NC(=O)CN1C(=O)[C@H](Cc2ccc(F)cc2)OC(c2ccc(Cl)cc2)C1c1ccc(Cl)cc1. The molecule has 0 radical (unpaired) electrons. The van der Waals surface area contributed by atoms with Crippen molar-refractivity contribution >= 4 is 46.0 Å². The number of amides is 2. The van der Waals surface area contributed by atoms with Gasteiger partial charge in [0.1, 0.15) is 35.6 Å². The smallest absolute Gasteiger partial charge is 0.253 e. The van der Waals surface area contributed by atoms with Gasteiger partial charge in [0.2, 0.25) is 0 Å². The predicted molar refractivity (Wildman–Crippen MR) is 153 cm³/mol. The van der Waals surface area contributed by atoms with Crippen LogP contribution < -0.4 is 4.72 Å². The first kappa shape index (κ1) is 30.8. The van der Waals surface area contributed by atoms with Crippen LogP contribution in [0.3, 0.4) is 0 Å². The molecular formula is C29H31Cl2FN2O4S. The van der Waals surface area contributed by atoms with Gasteiger partial charge >= 0.3 is 0 Å². The first-order valence-corrected chi connectivity index (χ1v) is 14.8. The highest BCUT2D eigenvalue weighted by Crippen LogP contribution is 2.43. The second kappa shape index (κ2) is 14.6. The Morgan fingerprint density at radius 1 is 0.949 bits per heavy atom. The van der Waals surface area contributed by atoms with Gasteiger partial charge in [-0.25, -0.2) is 8.60 Å². The minimum absolute atomic E-state index is 0.175. The number of rotatable bonds is 7. The lowest BCUT2D eigenvalue weighted by molar-refractivity contribution is -0.175.